The van der Waals surface area contributed by atoms with E-state index in [2.05, 4.69) is 20.8 Å². The van der Waals surface area contributed by atoms with Crippen molar-refractivity contribution in [3.8, 4) is 11.4 Å². The van der Waals surface area contributed by atoms with E-state index in [-0.39, 0.29) is 11.2 Å². The van der Waals surface area contributed by atoms with E-state index in [1.807, 2.05) is 55.5 Å². The number of hydrogen-bond acceptors (Lipinski definition) is 6. The zero-order valence-electron chi connectivity index (χ0n) is 13.8. The molecule has 0 aliphatic carbocycles. The summed E-state index contributed by atoms with van der Waals surface area (Å²) in [6, 6.07) is 16.8. The number of benzene rings is 2. The number of anilines is 1. The number of rotatable bonds is 6. The van der Waals surface area contributed by atoms with Crippen LogP contribution in [0.1, 0.15) is 6.92 Å². The van der Waals surface area contributed by atoms with Crippen molar-refractivity contribution in [1.82, 2.24) is 20.2 Å². The van der Waals surface area contributed by atoms with E-state index in [1.165, 1.54) is 11.8 Å². The molecule has 0 saturated carbocycles. The summed E-state index contributed by atoms with van der Waals surface area (Å²) in [7, 11) is 1.59. The van der Waals surface area contributed by atoms with Gasteiger partial charge in [0.25, 0.3) is 0 Å². The van der Waals surface area contributed by atoms with E-state index in [0.29, 0.717) is 16.6 Å². The molecule has 1 unspecified atom stereocenters. The fraction of sp³-hybridized carbons (Fsp3) is 0.176. The molecule has 3 rings (SSSR count). The number of amides is 1. The molecule has 8 heteroatoms. The van der Waals surface area contributed by atoms with Crippen LogP contribution in [0.25, 0.3) is 5.69 Å². The maximum Gasteiger partial charge on any atom is 0.237 e. The van der Waals surface area contributed by atoms with Crippen molar-refractivity contribution >= 4 is 23.4 Å². The molecule has 1 N–H and O–H groups in total. The molecule has 0 bridgehead atoms. The van der Waals surface area contributed by atoms with Crippen LogP contribution in [0.4, 0.5) is 5.69 Å². The second kappa shape index (κ2) is 7.80. The third kappa shape index (κ3) is 4.16. The summed E-state index contributed by atoms with van der Waals surface area (Å²) >= 11 is 1.29. The molecule has 2 aromatic carbocycles. The predicted molar refractivity (Wildman–Crippen MR) is 96.1 cm³/mol. The Morgan fingerprint density at radius 2 is 2.00 bits per heavy atom. The van der Waals surface area contributed by atoms with Crippen LogP contribution in [-0.4, -0.2) is 38.5 Å². The molecule has 1 amide bonds. The zero-order valence-corrected chi connectivity index (χ0v) is 14.6. The topological polar surface area (TPSA) is 81.9 Å². The molecule has 0 saturated heterocycles. The van der Waals surface area contributed by atoms with Gasteiger partial charge in [-0.05, 0) is 41.6 Å². The summed E-state index contributed by atoms with van der Waals surface area (Å²) in [6.45, 7) is 1.81. The first kappa shape index (κ1) is 17.0. The molecule has 1 aromatic heterocycles. The highest BCUT2D eigenvalue weighted by atomic mass is 32.2. The van der Waals surface area contributed by atoms with Gasteiger partial charge in [-0.15, -0.1) is 5.10 Å². The Kier molecular flexibility index (Phi) is 5.30. The summed E-state index contributed by atoms with van der Waals surface area (Å²) in [4.78, 5) is 12.4. The lowest BCUT2D eigenvalue weighted by Crippen LogP contribution is -2.22. The Morgan fingerprint density at radius 1 is 1.20 bits per heavy atom. The number of ether oxygens (including phenoxy) is 1. The van der Waals surface area contributed by atoms with Crippen LogP contribution >= 0.6 is 11.8 Å². The Bertz CT molecular complexity index is 853. The molecule has 7 nitrogen and oxygen atoms in total. The summed E-state index contributed by atoms with van der Waals surface area (Å²) in [5.74, 6) is 0.548. The normalized spacial score (nSPS) is 11.8. The first-order valence-electron chi connectivity index (χ1n) is 7.63. The van der Waals surface area contributed by atoms with E-state index in [1.54, 1.807) is 17.9 Å². The number of nitrogens with zero attached hydrogens (tertiary/aromatic N) is 4. The molecule has 0 aliphatic heterocycles. The van der Waals surface area contributed by atoms with Crippen LogP contribution in [-0.2, 0) is 4.79 Å². The Labute approximate surface area is 149 Å². The van der Waals surface area contributed by atoms with E-state index >= 15 is 0 Å². The molecular weight excluding hydrogens is 338 g/mol. The van der Waals surface area contributed by atoms with Crippen molar-refractivity contribution < 1.29 is 9.53 Å². The number of hydrogen-bond donors (Lipinski definition) is 1. The third-order valence-electron chi connectivity index (χ3n) is 3.43. The highest BCUT2D eigenvalue weighted by Gasteiger charge is 2.19. The smallest absolute Gasteiger partial charge is 0.237 e. The molecule has 1 atom stereocenters. The van der Waals surface area contributed by atoms with E-state index in [4.69, 9.17) is 4.74 Å². The van der Waals surface area contributed by atoms with Crippen molar-refractivity contribution in [2.45, 2.75) is 17.3 Å². The van der Waals surface area contributed by atoms with Gasteiger partial charge >= 0.3 is 0 Å². The number of methoxy groups -OCH3 is 1. The number of thioether (sulfide) groups is 1. The van der Waals surface area contributed by atoms with Gasteiger partial charge in [0, 0.05) is 11.8 Å². The summed E-state index contributed by atoms with van der Waals surface area (Å²) in [5, 5.41) is 14.8. The van der Waals surface area contributed by atoms with E-state index < -0.39 is 0 Å². The largest absolute Gasteiger partial charge is 0.497 e. The van der Waals surface area contributed by atoms with Gasteiger partial charge in [0.15, 0.2) is 0 Å². The van der Waals surface area contributed by atoms with Gasteiger partial charge in [0.2, 0.25) is 11.1 Å². The number of carbonyl (C=O) groups excluding carboxylic acids is 1. The second-order valence-corrected chi connectivity index (χ2v) is 6.50. The molecule has 1 heterocycles. The maximum atomic E-state index is 12.4. The van der Waals surface area contributed by atoms with Gasteiger partial charge in [-0.1, -0.05) is 36.0 Å². The average Bonchev–Trinajstić information content (AvgIpc) is 3.10. The van der Waals surface area contributed by atoms with E-state index in [0.717, 1.165) is 5.69 Å². The highest BCUT2D eigenvalue weighted by molar-refractivity contribution is 8.00. The van der Waals surface area contributed by atoms with Gasteiger partial charge in [0.05, 0.1) is 18.0 Å². The molecule has 0 aliphatic rings. The van der Waals surface area contributed by atoms with Gasteiger partial charge in [-0.2, -0.15) is 4.68 Å². The monoisotopic (exact) mass is 355 g/mol. The molecule has 0 radical (unpaired) electrons. The first-order chi connectivity index (χ1) is 12.2. The number of carbonyl (C=O) groups is 1. The quantitative estimate of drug-likeness (QED) is 0.685. The van der Waals surface area contributed by atoms with Crippen LogP contribution in [0.15, 0.2) is 59.8 Å². The highest BCUT2D eigenvalue weighted by Crippen LogP contribution is 2.24. The summed E-state index contributed by atoms with van der Waals surface area (Å²) in [6.07, 6.45) is 0. The lowest BCUT2D eigenvalue weighted by Gasteiger charge is -2.12. The number of para-hydroxylation sites is 1. The summed E-state index contributed by atoms with van der Waals surface area (Å²) < 4.78 is 6.77. The molecule has 3 aromatic rings. The molecule has 0 spiro atoms. The zero-order chi connectivity index (χ0) is 17.6. The minimum atomic E-state index is -0.375. The fourth-order valence-electron chi connectivity index (χ4n) is 2.14. The summed E-state index contributed by atoms with van der Waals surface area (Å²) in [5.41, 5.74) is 1.52. The predicted octanol–water partition coefficient (Wildman–Crippen LogP) is 2.79. The Balaban J connectivity index is 1.69. The molecular formula is C17H17N5O2S. The van der Waals surface area contributed by atoms with Crippen LogP contribution in [0.2, 0.25) is 0 Å². The van der Waals surface area contributed by atoms with Crippen LogP contribution in [0.5, 0.6) is 5.75 Å². The van der Waals surface area contributed by atoms with Crippen molar-refractivity contribution in [3.63, 3.8) is 0 Å². The lowest BCUT2D eigenvalue weighted by atomic mass is 10.3. The fourth-order valence-corrected chi connectivity index (χ4v) is 2.95. The van der Waals surface area contributed by atoms with Crippen molar-refractivity contribution in [1.29, 1.82) is 0 Å². The second-order valence-electron chi connectivity index (χ2n) is 5.19. The standard InChI is InChI=1S/C17H17N5O2S/c1-12(16(23)18-13-7-6-10-15(11-13)24-2)25-17-19-20-21-22(17)14-8-4-3-5-9-14/h3-12H,1-2H3,(H,18,23). The molecule has 25 heavy (non-hydrogen) atoms. The Morgan fingerprint density at radius 3 is 2.76 bits per heavy atom. The van der Waals surface area contributed by atoms with Crippen molar-refractivity contribution in [2.24, 2.45) is 0 Å². The average molecular weight is 355 g/mol. The maximum absolute atomic E-state index is 12.4. The van der Waals surface area contributed by atoms with Gasteiger partial charge in [-0.3, -0.25) is 4.79 Å². The molecule has 128 valence electrons. The lowest BCUT2D eigenvalue weighted by molar-refractivity contribution is -0.115. The van der Waals surface area contributed by atoms with Crippen molar-refractivity contribution in [2.75, 3.05) is 12.4 Å². The number of nitrogens with one attached hydrogen (secondary N) is 1. The number of tetrazole rings is 1. The van der Waals surface area contributed by atoms with Crippen LogP contribution < -0.4 is 10.1 Å². The van der Waals surface area contributed by atoms with Gasteiger partial charge in [0.1, 0.15) is 5.75 Å². The molecule has 0 fully saturated rings. The van der Waals surface area contributed by atoms with Crippen LogP contribution in [0.3, 0.4) is 0 Å². The van der Waals surface area contributed by atoms with E-state index in [9.17, 15) is 4.79 Å². The van der Waals surface area contributed by atoms with Crippen molar-refractivity contribution in [3.05, 3.63) is 54.6 Å². The Hall–Kier alpha value is -2.87. The van der Waals surface area contributed by atoms with Gasteiger partial charge < -0.3 is 10.1 Å². The minimum absolute atomic E-state index is 0.138. The SMILES string of the molecule is COc1cccc(NC(=O)C(C)Sc2nnnn2-c2ccccc2)c1. The van der Waals surface area contributed by atoms with Crippen LogP contribution in [0, 0.1) is 0 Å². The van der Waals surface area contributed by atoms with Gasteiger partial charge in [-0.25, -0.2) is 0 Å². The third-order valence-corrected chi connectivity index (χ3v) is 4.46. The minimum Gasteiger partial charge on any atom is -0.497 e. The first-order valence-corrected chi connectivity index (χ1v) is 8.50. The number of aromatic nitrogens is 4.